The van der Waals surface area contributed by atoms with E-state index in [0.29, 0.717) is 5.82 Å². The molecule has 2 heterocycles. The number of fused-ring (bicyclic) bond motifs is 1. The van der Waals surface area contributed by atoms with Crippen molar-refractivity contribution in [3.8, 4) is 0 Å². The van der Waals surface area contributed by atoms with Crippen LogP contribution in [0.15, 0.2) is 12.1 Å². The van der Waals surface area contributed by atoms with Crippen molar-refractivity contribution in [1.82, 2.24) is 10.2 Å². The number of nitrogens with zero attached hydrogens (tertiary/aromatic N) is 1. The summed E-state index contributed by atoms with van der Waals surface area (Å²) in [7, 11) is 0. The topological polar surface area (TPSA) is 57.8 Å². The molecule has 0 aliphatic heterocycles. The van der Waals surface area contributed by atoms with E-state index in [0.717, 1.165) is 29.3 Å². The van der Waals surface area contributed by atoms with Gasteiger partial charge in [-0.3, -0.25) is 9.89 Å². The number of anilines is 1. The molecule has 1 aliphatic rings. The minimum absolute atomic E-state index is 0.0569. The molecule has 1 amide bonds. The van der Waals surface area contributed by atoms with Gasteiger partial charge in [-0.25, -0.2) is 0 Å². The van der Waals surface area contributed by atoms with Gasteiger partial charge in [0.15, 0.2) is 5.82 Å². The lowest BCUT2D eigenvalue weighted by Gasteiger charge is -2.16. The highest BCUT2D eigenvalue weighted by atomic mass is 32.1. The van der Waals surface area contributed by atoms with Gasteiger partial charge in [0.1, 0.15) is 0 Å². The number of rotatable bonds is 2. The van der Waals surface area contributed by atoms with Crippen LogP contribution < -0.4 is 5.32 Å². The Labute approximate surface area is 116 Å². The van der Waals surface area contributed by atoms with Gasteiger partial charge in [0.25, 0.3) is 5.91 Å². The van der Waals surface area contributed by atoms with Crippen LogP contribution in [0.2, 0.25) is 0 Å². The second kappa shape index (κ2) is 4.81. The molecule has 2 aromatic heterocycles. The van der Waals surface area contributed by atoms with E-state index in [1.807, 2.05) is 19.1 Å². The van der Waals surface area contributed by atoms with Gasteiger partial charge in [0.05, 0.1) is 4.88 Å². The highest BCUT2D eigenvalue weighted by Crippen LogP contribution is 2.32. The highest BCUT2D eigenvalue weighted by Gasteiger charge is 2.20. The molecule has 2 aromatic rings. The van der Waals surface area contributed by atoms with Crippen molar-refractivity contribution in [3.05, 3.63) is 33.1 Å². The van der Waals surface area contributed by atoms with Crippen LogP contribution in [0.3, 0.4) is 0 Å². The summed E-state index contributed by atoms with van der Waals surface area (Å²) in [6.07, 6.45) is 3.43. The molecule has 0 aromatic carbocycles. The van der Waals surface area contributed by atoms with Gasteiger partial charge < -0.3 is 5.32 Å². The number of carbonyl (C=O) groups excluding carboxylic acids is 1. The van der Waals surface area contributed by atoms with E-state index in [-0.39, 0.29) is 5.91 Å². The van der Waals surface area contributed by atoms with Crippen LogP contribution >= 0.6 is 11.3 Å². The minimum Gasteiger partial charge on any atom is -0.304 e. The largest absolute Gasteiger partial charge is 0.304 e. The number of hydrogen-bond acceptors (Lipinski definition) is 3. The van der Waals surface area contributed by atoms with Crippen molar-refractivity contribution in [2.45, 2.75) is 33.1 Å². The molecule has 100 valence electrons. The Hall–Kier alpha value is -1.62. The number of aromatic nitrogens is 2. The molecule has 19 heavy (non-hydrogen) atoms. The van der Waals surface area contributed by atoms with E-state index in [9.17, 15) is 4.79 Å². The quantitative estimate of drug-likeness (QED) is 0.884. The average Bonchev–Trinajstić information content (AvgIpc) is 2.95. The van der Waals surface area contributed by atoms with Crippen molar-refractivity contribution in [2.75, 3.05) is 5.32 Å². The maximum Gasteiger partial charge on any atom is 0.266 e. The average molecular weight is 275 g/mol. The molecule has 0 saturated heterocycles. The Morgan fingerprint density at radius 2 is 2.37 bits per heavy atom. The Bertz CT molecular complexity index is 614. The van der Waals surface area contributed by atoms with Crippen LogP contribution in [-0.2, 0) is 12.8 Å². The number of amides is 1. The number of aromatic amines is 1. The van der Waals surface area contributed by atoms with Crippen LogP contribution in [0.4, 0.5) is 5.82 Å². The number of thiophene rings is 1. The maximum absolute atomic E-state index is 12.2. The molecule has 0 saturated carbocycles. The van der Waals surface area contributed by atoms with Crippen molar-refractivity contribution >= 4 is 23.1 Å². The molecule has 0 unspecified atom stereocenters. The molecule has 0 fully saturated rings. The zero-order valence-corrected chi connectivity index (χ0v) is 11.9. The van der Waals surface area contributed by atoms with Gasteiger partial charge in [0, 0.05) is 16.6 Å². The predicted molar refractivity (Wildman–Crippen MR) is 76.8 cm³/mol. The summed E-state index contributed by atoms with van der Waals surface area (Å²) in [5, 5.41) is 9.67. The van der Waals surface area contributed by atoms with Crippen molar-refractivity contribution < 1.29 is 4.79 Å². The molecule has 2 N–H and O–H groups in total. The Morgan fingerprint density at radius 1 is 1.53 bits per heavy atom. The lowest BCUT2D eigenvalue weighted by molar-refractivity contribution is 0.103. The number of hydrogen-bond donors (Lipinski definition) is 2. The predicted octanol–water partition coefficient (Wildman–Crippen LogP) is 3.16. The third-order valence-electron chi connectivity index (χ3n) is 3.50. The molecule has 3 rings (SSSR count). The lowest BCUT2D eigenvalue weighted by Crippen LogP contribution is -2.10. The molecule has 0 bridgehead atoms. The van der Waals surface area contributed by atoms with Gasteiger partial charge in [-0.2, -0.15) is 5.10 Å². The summed E-state index contributed by atoms with van der Waals surface area (Å²) in [4.78, 5) is 14.3. The number of aryl methyl sites for hydroxylation is 2. The lowest BCUT2D eigenvalue weighted by atomic mass is 9.90. The summed E-state index contributed by atoms with van der Waals surface area (Å²) in [6, 6.07) is 3.87. The van der Waals surface area contributed by atoms with E-state index in [2.05, 4.69) is 22.4 Å². The second-order valence-electron chi connectivity index (χ2n) is 5.30. The maximum atomic E-state index is 12.2. The second-order valence-corrected chi connectivity index (χ2v) is 6.43. The molecular weight excluding hydrogens is 258 g/mol. The van der Waals surface area contributed by atoms with Gasteiger partial charge in [-0.1, -0.05) is 6.92 Å². The smallest absolute Gasteiger partial charge is 0.266 e. The summed E-state index contributed by atoms with van der Waals surface area (Å²) in [5.41, 5.74) is 2.29. The van der Waals surface area contributed by atoms with Gasteiger partial charge in [-0.15, -0.1) is 11.3 Å². The monoisotopic (exact) mass is 275 g/mol. The SMILES string of the molecule is Cc1cc(NC(=O)c2cc3c(s2)CC[C@@H](C)C3)n[nH]1. The normalized spacial score (nSPS) is 18.1. The first-order valence-corrected chi connectivity index (χ1v) is 7.38. The molecule has 0 radical (unpaired) electrons. The van der Waals surface area contributed by atoms with Gasteiger partial charge in [0.2, 0.25) is 0 Å². The zero-order chi connectivity index (χ0) is 13.4. The Kier molecular flexibility index (Phi) is 3.14. The summed E-state index contributed by atoms with van der Waals surface area (Å²) in [6.45, 7) is 4.18. The van der Waals surface area contributed by atoms with Crippen LogP contribution in [0, 0.1) is 12.8 Å². The van der Waals surface area contributed by atoms with E-state index in [1.54, 1.807) is 11.3 Å². The Morgan fingerprint density at radius 3 is 3.11 bits per heavy atom. The molecule has 4 nitrogen and oxygen atoms in total. The summed E-state index contributed by atoms with van der Waals surface area (Å²) in [5.74, 6) is 1.26. The van der Waals surface area contributed by atoms with E-state index in [4.69, 9.17) is 0 Å². The van der Waals surface area contributed by atoms with E-state index in [1.165, 1.54) is 16.9 Å². The van der Waals surface area contributed by atoms with E-state index < -0.39 is 0 Å². The fourth-order valence-corrected chi connectivity index (χ4v) is 3.58. The molecule has 1 atom stereocenters. The van der Waals surface area contributed by atoms with Crippen LogP contribution in [0.1, 0.15) is 39.2 Å². The molecule has 0 spiro atoms. The number of nitrogens with one attached hydrogen (secondary N) is 2. The highest BCUT2D eigenvalue weighted by molar-refractivity contribution is 7.14. The summed E-state index contributed by atoms with van der Waals surface area (Å²) < 4.78 is 0. The van der Waals surface area contributed by atoms with Gasteiger partial charge in [-0.05, 0) is 43.7 Å². The van der Waals surface area contributed by atoms with E-state index >= 15 is 0 Å². The minimum atomic E-state index is -0.0569. The van der Waals surface area contributed by atoms with Crippen LogP contribution in [-0.4, -0.2) is 16.1 Å². The third-order valence-corrected chi connectivity index (χ3v) is 4.74. The zero-order valence-electron chi connectivity index (χ0n) is 11.1. The Balaban J connectivity index is 1.77. The third kappa shape index (κ3) is 2.56. The number of carbonyl (C=O) groups is 1. The standard InChI is InChI=1S/C14H17N3OS/c1-8-3-4-11-10(5-8)7-12(19-11)14(18)15-13-6-9(2)16-17-13/h6-8H,3-5H2,1-2H3,(H2,15,16,17,18)/t8-/m1/s1. The van der Waals surface area contributed by atoms with Crippen LogP contribution in [0.25, 0.3) is 0 Å². The molecule has 5 heteroatoms. The van der Waals surface area contributed by atoms with Crippen molar-refractivity contribution in [1.29, 1.82) is 0 Å². The summed E-state index contributed by atoms with van der Waals surface area (Å²) >= 11 is 1.62. The first-order valence-electron chi connectivity index (χ1n) is 6.57. The fourth-order valence-electron chi connectivity index (χ4n) is 2.48. The number of H-pyrrole nitrogens is 1. The molecule has 1 aliphatic carbocycles. The van der Waals surface area contributed by atoms with Crippen molar-refractivity contribution in [2.24, 2.45) is 5.92 Å². The van der Waals surface area contributed by atoms with Crippen LogP contribution in [0.5, 0.6) is 0 Å². The first-order chi connectivity index (χ1) is 9.11. The molecular formula is C14H17N3OS. The van der Waals surface area contributed by atoms with Gasteiger partial charge >= 0.3 is 0 Å². The first kappa shape index (κ1) is 12.4. The van der Waals surface area contributed by atoms with Crippen molar-refractivity contribution in [3.63, 3.8) is 0 Å². The fraction of sp³-hybridized carbons (Fsp3) is 0.429.